The third-order valence-corrected chi connectivity index (χ3v) is 5.70. The SMILES string of the molecule is CC(C)C(NS(=O)(=O)c1cc(Br)sc1Cl)C(=O)O. The Morgan fingerprint density at radius 3 is 2.44 bits per heavy atom. The van der Waals surface area contributed by atoms with E-state index in [9.17, 15) is 13.2 Å². The number of thiophene rings is 1. The van der Waals surface area contributed by atoms with E-state index in [0.717, 1.165) is 11.3 Å². The summed E-state index contributed by atoms with van der Waals surface area (Å²) in [6.45, 7) is 3.24. The van der Waals surface area contributed by atoms with Crippen LogP contribution in [0.5, 0.6) is 0 Å². The Morgan fingerprint density at radius 1 is 1.56 bits per heavy atom. The molecule has 1 atom stereocenters. The molecule has 0 amide bonds. The summed E-state index contributed by atoms with van der Waals surface area (Å²) in [5, 5.41) is 8.96. The lowest BCUT2D eigenvalue weighted by Crippen LogP contribution is -2.44. The number of aliphatic carboxylic acids is 1. The molecule has 0 saturated heterocycles. The number of carbonyl (C=O) groups is 1. The molecule has 1 unspecified atom stereocenters. The van der Waals surface area contributed by atoms with E-state index in [1.54, 1.807) is 13.8 Å². The fourth-order valence-electron chi connectivity index (χ4n) is 1.21. The van der Waals surface area contributed by atoms with E-state index in [1.165, 1.54) is 6.07 Å². The number of hydrogen-bond donors (Lipinski definition) is 2. The van der Waals surface area contributed by atoms with Gasteiger partial charge in [-0.3, -0.25) is 4.79 Å². The Bertz CT molecular complexity index is 555. The summed E-state index contributed by atoms with van der Waals surface area (Å²) < 4.78 is 26.8. The molecule has 1 aromatic rings. The van der Waals surface area contributed by atoms with Gasteiger partial charge in [-0.1, -0.05) is 25.4 Å². The molecular formula is C9H11BrClNO4S2. The van der Waals surface area contributed by atoms with Gasteiger partial charge in [-0.05, 0) is 27.9 Å². The monoisotopic (exact) mass is 375 g/mol. The summed E-state index contributed by atoms with van der Waals surface area (Å²) in [5.41, 5.74) is 0. The van der Waals surface area contributed by atoms with Crippen molar-refractivity contribution in [3.05, 3.63) is 14.2 Å². The third kappa shape index (κ3) is 3.67. The van der Waals surface area contributed by atoms with Crippen LogP contribution in [0.3, 0.4) is 0 Å². The predicted octanol–water partition coefficient (Wildman–Crippen LogP) is 2.55. The largest absolute Gasteiger partial charge is 0.480 e. The second kappa shape index (κ2) is 5.87. The summed E-state index contributed by atoms with van der Waals surface area (Å²) in [4.78, 5) is 10.9. The van der Waals surface area contributed by atoms with Gasteiger partial charge in [0.05, 0.1) is 3.79 Å². The zero-order valence-electron chi connectivity index (χ0n) is 9.48. The first kappa shape index (κ1) is 15.9. The molecule has 0 bridgehead atoms. The highest BCUT2D eigenvalue weighted by molar-refractivity contribution is 9.11. The van der Waals surface area contributed by atoms with E-state index in [1.807, 2.05) is 0 Å². The summed E-state index contributed by atoms with van der Waals surface area (Å²) in [7, 11) is -3.94. The molecule has 0 spiro atoms. The number of carboxylic acid groups (broad SMARTS) is 1. The van der Waals surface area contributed by atoms with Gasteiger partial charge in [0.2, 0.25) is 10.0 Å². The van der Waals surface area contributed by atoms with Crippen molar-refractivity contribution in [2.75, 3.05) is 0 Å². The van der Waals surface area contributed by atoms with Crippen molar-refractivity contribution in [3.8, 4) is 0 Å². The van der Waals surface area contributed by atoms with E-state index in [-0.39, 0.29) is 15.1 Å². The van der Waals surface area contributed by atoms with Crippen LogP contribution < -0.4 is 4.72 Å². The van der Waals surface area contributed by atoms with Crippen LogP contribution in [0, 0.1) is 5.92 Å². The third-order valence-electron chi connectivity index (χ3n) is 2.13. The van der Waals surface area contributed by atoms with Gasteiger partial charge in [0.25, 0.3) is 0 Å². The molecule has 1 aromatic heterocycles. The first-order chi connectivity index (χ1) is 8.15. The molecular weight excluding hydrogens is 366 g/mol. The molecule has 2 N–H and O–H groups in total. The molecule has 1 heterocycles. The predicted molar refractivity (Wildman–Crippen MR) is 73.6 cm³/mol. The van der Waals surface area contributed by atoms with Crippen LogP contribution in [0.1, 0.15) is 13.8 Å². The molecule has 0 aromatic carbocycles. The van der Waals surface area contributed by atoms with Crippen molar-refractivity contribution in [2.45, 2.75) is 24.8 Å². The molecule has 0 saturated carbocycles. The van der Waals surface area contributed by atoms with Gasteiger partial charge in [0.15, 0.2) is 0 Å². The Balaban J connectivity index is 3.08. The van der Waals surface area contributed by atoms with Gasteiger partial charge >= 0.3 is 5.97 Å². The van der Waals surface area contributed by atoms with E-state index in [2.05, 4.69) is 20.7 Å². The van der Waals surface area contributed by atoms with Crippen molar-refractivity contribution >= 4 is 54.9 Å². The Morgan fingerprint density at radius 2 is 2.11 bits per heavy atom. The molecule has 102 valence electrons. The van der Waals surface area contributed by atoms with Crippen molar-refractivity contribution in [2.24, 2.45) is 5.92 Å². The van der Waals surface area contributed by atoms with Gasteiger partial charge < -0.3 is 5.11 Å². The number of sulfonamides is 1. The van der Waals surface area contributed by atoms with Crippen LogP contribution >= 0.6 is 38.9 Å². The van der Waals surface area contributed by atoms with Crippen LogP contribution in [0.4, 0.5) is 0 Å². The highest BCUT2D eigenvalue weighted by atomic mass is 79.9. The van der Waals surface area contributed by atoms with Crippen LogP contribution in [0.15, 0.2) is 14.7 Å². The number of hydrogen-bond acceptors (Lipinski definition) is 4. The normalized spacial score (nSPS) is 13.8. The highest BCUT2D eigenvalue weighted by Crippen LogP contribution is 2.34. The number of carboxylic acids is 1. The lowest BCUT2D eigenvalue weighted by atomic mass is 10.1. The fourth-order valence-corrected chi connectivity index (χ4v) is 5.32. The minimum Gasteiger partial charge on any atom is -0.480 e. The zero-order valence-corrected chi connectivity index (χ0v) is 13.5. The van der Waals surface area contributed by atoms with Gasteiger partial charge in [0.1, 0.15) is 15.3 Å². The molecule has 1 rings (SSSR count). The van der Waals surface area contributed by atoms with Crippen LogP contribution in [-0.4, -0.2) is 25.5 Å². The average molecular weight is 377 g/mol. The second-order valence-corrected chi connectivity index (χ2v) is 8.59. The zero-order chi connectivity index (χ0) is 14.1. The number of rotatable bonds is 5. The van der Waals surface area contributed by atoms with E-state index < -0.39 is 22.0 Å². The van der Waals surface area contributed by atoms with Crippen molar-refractivity contribution < 1.29 is 18.3 Å². The quantitative estimate of drug-likeness (QED) is 0.827. The molecule has 5 nitrogen and oxygen atoms in total. The van der Waals surface area contributed by atoms with Gasteiger partial charge in [0, 0.05) is 0 Å². The first-order valence-corrected chi connectivity index (χ1v) is 8.32. The second-order valence-electron chi connectivity index (χ2n) is 3.87. The van der Waals surface area contributed by atoms with Gasteiger partial charge in [-0.15, -0.1) is 11.3 Å². The maximum Gasteiger partial charge on any atom is 0.322 e. The summed E-state index contributed by atoms with van der Waals surface area (Å²) in [6.07, 6.45) is 0. The van der Waals surface area contributed by atoms with Crippen molar-refractivity contribution in [1.29, 1.82) is 0 Å². The molecule has 0 fully saturated rings. The summed E-state index contributed by atoms with van der Waals surface area (Å²) in [5.74, 6) is -1.60. The Labute approximate surface area is 122 Å². The smallest absolute Gasteiger partial charge is 0.322 e. The molecule has 0 aliphatic heterocycles. The summed E-state index contributed by atoms with van der Waals surface area (Å²) >= 11 is 9.97. The molecule has 0 aliphatic carbocycles. The van der Waals surface area contributed by atoms with Crippen molar-refractivity contribution in [3.63, 3.8) is 0 Å². The molecule has 0 radical (unpaired) electrons. The van der Waals surface area contributed by atoms with Crippen molar-refractivity contribution in [1.82, 2.24) is 4.72 Å². The fraction of sp³-hybridized carbons (Fsp3) is 0.444. The molecule has 0 aliphatic rings. The molecule has 9 heteroatoms. The first-order valence-electron chi connectivity index (χ1n) is 4.85. The van der Waals surface area contributed by atoms with E-state index >= 15 is 0 Å². The Kier molecular flexibility index (Phi) is 5.19. The Hall–Kier alpha value is -0.150. The van der Waals surface area contributed by atoms with E-state index in [4.69, 9.17) is 16.7 Å². The minimum absolute atomic E-state index is 0.0854. The lowest BCUT2D eigenvalue weighted by Gasteiger charge is -2.17. The van der Waals surface area contributed by atoms with Crippen LogP contribution in [-0.2, 0) is 14.8 Å². The minimum atomic E-state index is -3.94. The number of nitrogens with one attached hydrogen (secondary N) is 1. The van der Waals surface area contributed by atoms with Gasteiger partial charge in [-0.2, -0.15) is 4.72 Å². The maximum absolute atomic E-state index is 12.0. The topological polar surface area (TPSA) is 83.5 Å². The van der Waals surface area contributed by atoms with E-state index in [0.29, 0.717) is 3.79 Å². The average Bonchev–Trinajstić information content (AvgIpc) is 2.54. The van der Waals surface area contributed by atoms with Crippen LogP contribution in [0.25, 0.3) is 0 Å². The summed E-state index contributed by atoms with van der Waals surface area (Å²) in [6, 6.07) is 0.152. The lowest BCUT2D eigenvalue weighted by molar-refractivity contribution is -0.140. The standard InChI is InChI=1S/C9H11BrClNO4S2/c1-4(2)7(9(13)14)12-18(15,16)5-3-6(10)17-8(5)11/h3-4,7,12H,1-2H3,(H,13,14). The maximum atomic E-state index is 12.0. The molecule has 18 heavy (non-hydrogen) atoms. The van der Waals surface area contributed by atoms with Crippen LogP contribution in [0.2, 0.25) is 4.34 Å². The van der Waals surface area contributed by atoms with Gasteiger partial charge in [-0.25, -0.2) is 8.42 Å². The number of halogens is 2. The highest BCUT2D eigenvalue weighted by Gasteiger charge is 2.30.